The first-order chi connectivity index (χ1) is 10.9. The Labute approximate surface area is 137 Å². The zero-order valence-corrected chi connectivity index (χ0v) is 14.8. The lowest BCUT2D eigenvalue weighted by atomic mass is 10.0. The van der Waals surface area contributed by atoms with Gasteiger partial charge in [0.15, 0.2) is 0 Å². The summed E-state index contributed by atoms with van der Waals surface area (Å²) < 4.78 is 1.92. The van der Waals surface area contributed by atoms with Crippen molar-refractivity contribution < 1.29 is 0 Å². The van der Waals surface area contributed by atoms with Crippen molar-refractivity contribution in [3.05, 3.63) is 6.33 Å². The fraction of sp³-hybridized carbons (Fsp3) is 0.944. The number of nitrogens with zero attached hydrogens (tertiary/aromatic N) is 4. The molecule has 0 aliphatic carbocycles. The zero-order valence-electron chi connectivity index (χ0n) is 14.8. The molecule has 4 nitrogen and oxygen atoms in total. The van der Waals surface area contributed by atoms with Crippen LogP contribution in [0, 0.1) is 0 Å². The lowest BCUT2D eigenvalue weighted by Gasteiger charge is -2.13. The highest BCUT2D eigenvalue weighted by atomic mass is 15.5. The molecule has 0 radical (unpaired) electrons. The fourth-order valence-corrected chi connectivity index (χ4v) is 3.08. The average molecular weight is 309 g/mol. The summed E-state index contributed by atoms with van der Waals surface area (Å²) in [7, 11) is 0. The molecule has 1 rings (SSSR count). The van der Waals surface area contributed by atoms with Crippen LogP contribution in [0.2, 0.25) is 0 Å². The summed E-state index contributed by atoms with van der Waals surface area (Å²) >= 11 is 0. The minimum atomic E-state index is 0.484. The Kier molecular flexibility index (Phi) is 11.9. The fourth-order valence-electron chi connectivity index (χ4n) is 3.08. The van der Waals surface area contributed by atoms with E-state index in [1.54, 1.807) is 6.33 Å². The molecule has 128 valence electrons. The van der Waals surface area contributed by atoms with E-state index in [4.69, 9.17) is 0 Å². The molecule has 22 heavy (non-hydrogen) atoms. The smallest absolute Gasteiger partial charge is 0.138 e. The maximum absolute atomic E-state index is 4.02. The molecule has 1 unspecified atom stereocenters. The predicted molar refractivity (Wildman–Crippen MR) is 92.8 cm³/mol. The highest BCUT2D eigenvalue weighted by Crippen LogP contribution is 2.19. The summed E-state index contributed by atoms with van der Waals surface area (Å²) in [5.41, 5.74) is 0. The summed E-state index contributed by atoms with van der Waals surface area (Å²) in [6, 6.07) is 0.484. The van der Waals surface area contributed by atoms with Crippen LogP contribution in [0.25, 0.3) is 0 Å². The van der Waals surface area contributed by atoms with Crippen LogP contribution in [0.15, 0.2) is 6.33 Å². The van der Waals surface area contributed by atoms with Crippen LogP contribution in [0.5, 0.6) is 0 Å². The van der Waals surface area contributed by atoms with Crippen molar-refractivity contribution in [2.75, 3.05) is 0 Å². The molecular formula is C18H36N4. The molecule has 0 saturated heterocycles. The third kappa shape index (κ3) is 9.16. The highest BCUT2D eigenvalue weighted by molar-refractivity contribution is 4.64. The van der Waals surface area contributed by atoms with Crippen LogP contribution in [0.1, 0.15) is 110 Å². The second-order valence-electron chi connectivity index (χ2n) is 6.53. The van der Waals surface area contributed by atoms with E-state index >= 15 is 0 Å². The molecule has 0 saturated carbocycles. The maximum atomic E-state index is 4.02. The first kappa shape index (κ1) is 19.1. The zero-order chi connectivity index (χ0) is 15.9. The van der Waals surface area contributed by atoms with Crippen LogP contribution in [0.4, 0.5) is 0 Å². The lowest BCUT2D eigenvalue weighted by molar-refractivity contribution is 0.385. The third-order valence-corrected chi connectivity index (χ3v) is 4.60. The number of tetrazole rings is 1. The van der Waals surface area contributed by atoms with Gasteiger partial charge in [-0.15, -0.1) is 5.10 Å². The van der Waals surface area contributed by atoms with Crippen LogP contribution < -0.4 is 0 Å². The molecule has 0 aliphatic rings. The molecule has 0 fully saturated rings. The summed E-state index contributed by atoms with van der Waals surface area (Å²) in [4.78, 5) is 0. The molecular weight excluding hydrogens is 272 g/mol. The Balaban J connectivity index is 1.85. The van der Waals surface area contributed by atoms with Gasteiger partial charge in [0.2, 0.25) is 0 Å². The van der Waals surface area contributed by atoms with Crippen molar-refractivity contribution in [3.63, 3.8) is 0 Å². The van der Waals surface area contributed by atoms with Crippen molar-refractivity contribution in [3.8, 4) is 0 Å². The third-order valence-electron chi connectivity index (χ3n) is 4.60. The molecule has 0 spiro atoms. The highest BCUT2D eigenvalue weighted by Gasteiger charge is 2.08. The van der Waals surface area contributed by atoms with Gasteiger partial charge in [-0.3, -0.25) is 0 Å². The molecule has 4 heteroatoms. The normalized spacial score (nSPS) is 12.6. The van der Waals surface area contributed by atoms with Gasteiger partial charge < -0.3 is 0 Å². The number of rotatable bonds is 15. The second kappa shape index (κ2) is 13.7. The van der Waals surface area contributed by atoms with E-state index in [1.165, 1.54) is 83.5 Å². The van der Waals surface area contributed by atoms with Gasteiger partial charge in [-0.25, -0.2) is 4.68 Å². The molecule has 1 aromatic rings. The van der Waals surface area contributed by atoms with Gasteiger partial charge in [-0.1, -0.05) is 90.9 Å². The standard InChI is InChI=1S/C18H36N4/c1-3-5-6-7-8-9-10-11-12-13-14-15-16-18(4-2)22-17-19-20-21-22/h17-18H,3-16H2,1-2H3. The Morgan fingerprint density at radius 1 is 0.773 bits per heavy atom. The monoisotopic (exact) mass is 308 g/mol. The van der Waals surface area contributed by atoms with Gasteiger partial charge in [0.05, 0.1) is 6.04 Å². The quantitative estimate of drug-likeness (QED) is 0.389. The SMILES string of the molecule is CCCCCCCCCCCCCCC(CC)n1cnnn1. The first-order valence-corrected chi connectivity index (χ1v) is 9.61. The molecule has 1 heterocycles. The Morgan fingerprint density at radius 2 is 1.32 bits per heavy atom. The van der Waals surface area contributed by atoms with Gasteiger partial charge in [0, 0.05) is 0 Å². The minimum Gasteiger partial charge on any atom is -0.229 e. The van der Waals surface area contributed by atoms with E-state index in [9.17, 15) is 0 Å². The van der Waals surface area contributed by atoms with Gasteiger partial charge in [-0.05, 0) is 23.3 Å². The number of aromatic nitrogens is 4. The van der Waals surface area contributed by atoms with Gasteiger partial charge >= 0.3 is 0 Å². The van der Waals surface area contributed by atoms with Crippen LogP contribution >= 0.6 is 0 Å². The number of unbranched alkanes of at least 4 members (excludes halogenated alkanes) is 11. The Bertz CT molecular complexity index is 324. The van der Waals surface area contributed by atoms with E-state index in [1.807, 2.05) is 4.68 Å². The van der Waals surface area contributed by atoms with E-state index < -0.39 is 0 Å². The van der Waals surface area contributed by atoms with Gasteiger partial charge in [-0.2, -0.15) is 0 Å². The topological polar surface area (TPSA) is 43.6 Å². The van der Waals surface area contributed by atoms with Crippen LogP contribution in [-0.2, 0) is 0 Å². The van der Waals surface area contributed by atoms with Crippen LogP contribution in [-0.4, -0.2) is 20.2 Å². The number of hydrogen-bond donors (Lipinski definition) is 0. The van der Waals surface area contributed by atoms with Crippen molar-refractivity contribution in [1.29, 1.82) is 0 Å². The largest absolute Gasteiger partial charge is 0.229 e. The molecule has 0 aromatic carbocycles. The lowest BCUT2D eigenvalue weighted by Crippen LogP contribution is -2.08. The molecule has 0 N–H and O–H groups in total. The van der Waals surface area contributed by atoms with E-state index in [2.05, 4.69) is 29.4 Å². The van der Waals surface area contributed by atoms with Crippen molar-refractivity contribution in [2.45, 2.75) is 110 Å². The summed E-state index contributed by atoms with van der Waals surface area (Å²) in [6.07, 6.45) is 21.0. The first-order valence-electron chi connectivity index (χ1n) is 9.61. The summed E-state index contributed by atoms with van der Waals surface area (Å²) in [5.74, 6) is 0. The summed E-state index contributed by atoms with van der Waals surface area (Å²) in [5, 5.41) is 11.5. The molecule has 0 bridgehead atoms. The van der Waals surface area contributed by atoms with Gasteiger partial charge in [0.25, 0.3) is 0 Å². The average Bonchev–Trinajstić information content (AvgIpc) is 3.06. The molecule has 1 atom stereocenters. The van der Waals surface area contributed by atoms with Crippen molar-refractivity contribution in [1.82, 2.24) is 20.2 Å². The van der Waals surface area contributed by atoms with Crippen molar-refractivity contribution in [2.24, 2.45) is 0 Å². The molecule has 1 aromatic heterocycles. The molecule has 0 aliphatic heterocycles. The molecule has 0 amide bonds. The van der Waals surface area contributed by atoms with Crippen LogP contribution in [0.3, 0.4) is 0 Å². The second-order valence-corrected chi connectivity index (χ2v) is 6.53. The minimum absolute atomic E-state index is 0.484. The maximum Gasteiger partial charge on any atom is 0.138 e. The van der Waals surface area contributed by atoms with Gasteiger partial charge in [0.1, 0.15) is 6.33 Å². The predicted octanol–water partition coefficient (Wildman–Crippen LogP) is 5.72. The van der Waals surface area contributed by atoms with Crippen molar-refractivity contribution >= 4 is 0 Å². The summed E-state index contributed by atoms with van der Waals surface area (Å²) in [6.45, 7) is 4.50. The Morgan fingerprint density at radius 3 is 1.77 bits per heavy atom. The van der Waals surface area contributed by atoms with E-state index in [0.717, 1.165) is 6.42 Å². The van der Waals surface area contributed by atoms with E-state index in [0.29, 0.717) is 6.04 Å². The number of hydrogen-bond acceptors (Lipinski definition) is 3. The Hall–Kier alpha value is -0.930. The van der Waals surface area contributed by atoms with E-state index in [-0.39, 0.29) is 0 Å².